The van der Waals surface area contributed by atoms with Crippen molar-refractivity contribution in [2.24, 2.45) is 5.73 Å². The van der Waals surface area contributed by atoms with Crippen molar-refractivity contribution in [2.45, 2.75) is 32.2 Å². The van der Waals surface area contributed by atoms with Crippen LogP contribution in [0.4, 0.5) is 26.1 Å². The number of hydrogen-bond acceptors (Lipinski definition) is 9. The van der Waals surface area contributed by atoms with Crippen molar-refractivity contribution < 1.29 is 28.2 Å². The molecule has 0 aliphatic rings. The summed E-state index contributed by atoms with van der Waals surface area (Å²) in [5.74, 6) is -1.60. The van der Waals surface area contributed by atoms with E-state index in [1.807, 2.05) is 13.8 Å². The van der Waals surface area contributed by atoms with E-state index in [1.54, 1.807) is 12.1 Å². The molecule has 212 valence electrons. The van der Waals surface area contributed by atoms with Crippen LogP contribution in [0.2, 0.25) is 0 Å². The maximum atomic E-state index is 15.1. The molecule has 2 aromatic heterocycles. The van der Waals surface area contributed by atoms with Gasteiger partial charge in [0.2, 0.25) is 5.91 Å². The second-order valence-electron chi connectivity index (χ2n) is 9.69. The third-order valence-corrected chi connectivity index (χ3v) is 6.07. The Hall–Kier alpha value is -4.36. The van der Waals surface area contributed by atoms with Crippen LogP contribution in [-0.2, 0) is 11.2 Å². The fraction of sp³-hybridized carbons (Fsp3) is 0.333. The van der Waals surface area contributed by atoms with Gasteiger partial charge in [0.25, 0.3) is 0 Å². The number of anilines is 3. The summed E-state index contributed by atoms with van der Waals surface area (Å²) in [7, 11) is 1.48. The number of nitrogens with two attached hydrogens (primary N) is 1. The van der Waals surface area contributed by atoms with E-state index in [2.05, 4.69) is 25.5 Å². The molecule has 1 amide bonds. The number of H-pyrrole nitrogens is 1. The number of carbonyl (C=O) groups excluding carboxylic acids is 1. The highest BCUT2D eigenvalue weighted by Gasteiger charge is 2.25. The third kappa shape index (κ3) is 6.43. The Bertz CT molecular complexity index is 1500. The molecule has 2 heterocycles. The number of amides is 1. The van der Waals surface area contributed by atoms with Gasteiger partial charge in [-0.2, -0.15) is 5.10 Å². The summed E-state index contributed by atoms with van der Waals surface area (Å²) in [6, 6.07) is 8.58. The molecule has 0 radical (unpaired) electrons. The molecule has 2 aromatic carbocycles. The van der Waals surface area contributed by atoms with E-state index in [0.29, 0.717) is 47.7 Å². The molecule has 40 heavy (non-hydrogen) atoms. The van der Waals surface area contributed by atoms with Gasteiger partial charge < -0.3 is 25.6 Å². The minimum Gasteiger partial charge on any atom is -0.493 e. The summed E-state index contributed by atoms with van der Waals surface area (Å²) >= 11 is 0. The van der Waals surface area contributed by atoms with Gasteiger partial charge in [0, 0.05) is 28.8 Å². The topological polar surface area (TPSA) is 152 Å². The average Bonchev–Trinajstić information content (AvgIpc) is 3.37. The van der Waals surface area contributed by atoms with Crippen molar-refractivity contribution in [1.29, 1.82) is 0 Å². The first kappa shape index (κ1) is 28.6. The van der Waals surface area contributed by atoms with Crippen LogP contribution in [0.1, 0.15) is 26.0 Å². The van der Waals surface area contributed by atoms with Crippen LogP contribution >= 0.6 is 0 Å². The number of fused-ring (bicyclic) bond motifs is 1. The van der Waals surface area contributed by atoms with Crippen LogP contribution in [-0.4, -0.2) is 63.6 Å². The molecule has 4 rings (SSSR count). The number of aliphatic hydroxyl groups is 1. The minimum absolute atomic E-state index is 0.00959. The lowest BCUT2D eigenvalue weighted by Crippen LogP contribution is -2.43. The van der Waals surface area contributed by atoms with E-state index in [9.17, 15) is 14.3 Å². The first-order valence-electron chi connectivity index (χ1n) is 12.5. The average molecular weight is 556 g/mol. The second-order valence-corrected chi connectivity index (χ2v) is 9.69. The Labute approximate surface area is 229 Å². The van der Waals surface area contributed by atoms with Gasteiger partial charge in [-0.05, 0) is 45.0 Å². The molecule has 11 nitrogen and oxygen atoms in total. The summed E-state index contributed by atoms with van der Waals surface area (Å²) in [4.78, 5) is 21.5. The van der Waals surface area contributed by atoms with E-state index in [1.165, 1.54) is 36.5 Å². The molecule has 0 saturated heterocycles. The summed E-state index contributed by atoms with van der Waals surface area (Å²) in [6.07, 6.45) is 1.83. The maximum absolute atomic E-state index is 15.1. The molecular weight excluding hydrogens is 524 g/mol. The Morgan fingerprint density at radius 1 is 1.20 bits per heavy atom. The van der Waals surface area contributed by atoms with Gasteiger partial charge in [0.15, 0.2) is 29.0 Å². The van der Waals surface area contributed by atoms with E-state index in [4.69, 9.17) is 15.2 Å². The molecule has 0 fully saturated rings. The largest absolute Gasteiger partial charge is 0.493 e. The number of rotatable bonds is 13. The molecule has 0 unspecified atom stereocenters. The Kier molecular flexibility index (Phi) is 8.75. The summed E-state index contributed by atoms with van der Waals surface area (Å²) in [6.45, 7) is 4.81. The van der Waals surface area contributed by atoms with Crippen molar-refractivity contribution in [3.05, 3.63) is 60.1 Å². The third-order valence-electron chi connectivity index (χ3n) is 6.07. The zero-order valence-corrected chi connectivity index (χ0v) is 22.4. The lowest BCUT2D eigenvalue weighted by atomic mass is 10.1. The molecule has 4 aromatic rings. The van der Waals surface area contributed by atoms with Gasteiger partial charge in [0.05, 0.1) is 37.9 Å². The zero-order valence-electron chi connectivity index (χ0n) is 22.4. The zero-order chi connectivity index (χ0) is 28.9. The number of hydrogen-bond donors (Lipinski definition) is 4. The number of ether oxygens (including phenoxy) is 2. The lowest BCUT2D eigenvalue weighted by Gasteiger charge is -2.24. The molecular formula is C27H31F2N7O4. The van der Waals surface area contributed by atoms with E-state index >= 15 is 4.39 Å². The fourth-order valence-electron chi connectivity index (χ4n) is 3.99. The lowest BCUT2D eigenvalue weighted by molar-refractivity contribution is -0.117. The van der Waals surface area contributed by atoms with Crippen molar-refractivity contribution in [1.82, 2.24) is 25.5 Å². The van der Waals surface area contributed by atoms with Crippen molar-refractivity contribution in [3.8, 4) is 11.5 Å². The maximum Gasteiger partial charge on any atom is 0.223 e. The normalized spacial score (nSPS) is 11.6. The highest BCUT2D eigenvalue weighted by molar-refractivity contribution is 5.96. The number of primary amides is 1. The number of aromatic amines is 1. The first-order valence-corrected chi connectivity index (χ1v) is 12.5. The fourth-order valence-corrected chi connectivity index (χ4v) is 3.99. The molecule has 0 aliphatic carbocycles. The van der Waals surface area contributed by atoms with Gasteiger partial charge in [-0.3, -0.25) is 14.8 Å². The van der Waals surface area contributed by atoms with Crippen LogP contribution in [0, 0.1) is 11.6 Å². The highest BCUT2D eigenvalue weighted by Crippen LogP contribution is 2.41. The van der Waals surface area contributed by atoms with Gasteiger partial charge in [-0.1, -0.05) is 6.07 Å². The van der Waals surface area contributed by atoms with Crippen molar-refractivity contribution >= 4 is 34.1 Å². The molecule has 0 bridgehead atoms. The highest BCUT2D eigenvalue weighted by atomic mass is 19.2. The second kappa shape index (κ2) is 12.2. The monoisotopic (exact) mass is 555 g/mol. The van der Waals surface area contributed by atoms with E-state index in [0.717, 1.165) is 6.07 Å². The van der Waals surface area contributed by atoms with Crippen LogP contribution in [0.5, 0.6) is 11.5 Å². The van der Waals surface area contributed by atoms with Crippen LogP contribution in [0.25, 0.3) is 10.9 Å². The minimum atomic E-state index is -1.11. The predicted molar refractivity (Wildman–Crippen MR) is 145 cm³/mol. The Morgan fingerprint density at radius 3 is 2.73 bits per heavy atom. The van der Waals surface area contributed by atoms with Gasteiger partial charge >= 0.3 is 0 Å². The number of nitrogens with zero attached hydrogens (tertiary/aromatic N) is 4. The number of nitrogens with one attached hydrogen (secondary N) is 2. The number of aromatic nitrogens is 4. The molecule has 0 spiro atoms. The van der Waals surface area contributed by atoms with Crippen LogP contribution < -0.4 is 25.4 Å². The molecule has 0 aliphatic heterocycles. The summed E-state index contributed by atoms with van der Waals surface area (Å²) < 4.78 is 40.9. The summed E-state index contributed by atoms with van der Waals surface area (Å²) in [5, 5.41) is 20.0. The number of aliphatic hydroxyl groups excluding tert-OH is 1. The van der Waals surface area contributed by atoms with Crippen LogP contribution in [0.3, 0.4) is 0 Å². The number of carbonyl (C=O) groups is 1. The number of benzene rings is 2. The standard InChI is InChI=1S/C27H31F2N7O4/c1-27(2,14-37)33-8-5-9-40-22-13-19-17(12-21(22)39-3)26(32-15-31-19)36(20-7-4-6-18(28)25(20)29)24-11-16(34-35-24)10-23(30)38/h4,6-7,11-13,15,33,37H,5,8-10,14H2,1-3H3,(H2,30,38)(H,34,35). The van der Waals surface area contributed by atoms with E-state index in [-0.39, 0.29) is 30.4 Å². The smallest absolute Gasteiger partial charge is 0.223 e. The summed E-state index contributed by atoms with van der Waals surface area (Å²) in [5.41, 5.74) is 5.59. The SMILES string of the molecule is COc1cc2c(N(c3cc(CC(N)=O)[nH]n3)c3cccc(F)c3F)ncnc2cc1OCCCNC(C)(C)CO. The van der Waals surface area contributed by atoms with E-state index < -0.39 is 23.1 Å². The Balaban J connectivity index is 1.72. The molecule has 5 N–H and O–H groups in total. The quantitative estimate of drug-likeness (QED) is 0.182. The Morgan fingerprint density at radius 2 is 2.00 bits per heavy atom. The molecule has 13 heteroatoms. The van der Waals surface area contributed by atoms with Crippen LogP contribution in [0.15, 0.2) is 42.7 Å². The van der Waals surface area contributed by atoms with Gasteiger partial charge in [-0.25, -0.2) is 18.7 Å². The van der Waals surface area contributed by atoms with Crippen molar-refractivity contribution in [2.75, 3.05) is 31.8 Å². The number of methoxy groups -OCH3 is 1. The van der Waals surface area contributed by atoms with Gasteiger partial charge in [-0.15, -0.1) is 0 Å². The first-order chi connectivity index (χ1) is 19.1. The molecule has 0 saturated carbocycles. The predicted octanol–water partition coefficient (Wildman–Crippen LogP) is 3.27. The van der Waals surface area contributed by atoms with Crippen molar-refractivity contribution in [3.63, 3.8) is 0 Å². The molecule has 0 atom stereocenters. The van der Waals surface area contributed by atoms with Gasteiger partial charge in [0.1, 0.15) is 12.1 Å². The number of halogens is 2.